The lowest BCUT2D eigenvalue weighted by Crippen LogP contribution is -2.37. The number of hydrogen-bond donors (Lipinski definition) is 0. The van der Waals surface area contributed by atoms with Gasteiger partial charge in [0.25, 0.3) is 0 Å². The third kappa shape index (κ3) is 3.06. The topological polar surface area (TPSA) is 85.6 Å². The highest BCUT2D eigenvalue weighted by molar-refractivity contribution is 9.10. The number of methoxy groups -OCH3 is 1. The van der Waals surface area contributed by atoms with Crippen molar-refractivity contribution in [2.45, 2.75) is 12.8 Å². The van der Waals surface area contributed by atoms with Gasteiger partial charge in [0.15, 0.2) is 0 Å². The molecule has 0 N–H and O–H groups in total. The molecule has 0 saturated carbocycles. The maximum Gasteiger partial charge on any atom is 0.312 e. The van der Waals surface area contributed by atoms with E-state index in [2.05, 4.69) is 20.9 Å². The van der Waals surface area contributed by atoms with Gasteiger partial charge in [0.2, 0.25) is 5.82 Å². The van der Waals surface area contributed by atoms with Gasteiger partial charge in [-0.05, 0) is 28.8 Å². The summed E-state index contributed by atoms with van der Waals surface area (Å²) in [5, 5.41) is 11.1. The largest absolute Gasteiger partial charge is 0.469 e. The summed E-state index contributed by atoms with van der Waals surface area (Å²) in [5.41, 5.74) is -0.0316. The highest BCUT2D eigenvalue weighted by atomic mass is 79.9. The molecule has 0 amide bonds. The van der Waals surface area contributed by atoms with Crippen molar-refractivity contribution in [1.82, 2.24) is 4.98 Å². The first-order valence-electron chi connectivity index (χ1n) is 6.15. The number of aromatic nitrogens is 1. The van der Waals surface area contributed by atoms with Gasteiger partial charge in [-0.25, -0.2) is 4.98 Å². The maximum absolute atomic E-state index is 11.5. The first-order chi connectivity index (χ1) is 9.52. The molecule has 1 saturated heterocycles. The first-order valence-corrected chi connectivity index (χ1v) is 6.95. The van der Waals surface area contributed by atoms with Crippen molar-refractivity contribution in [3.63, 3.8) is 0 Å². The van der Waals surface area contributed by atoms with E-state index in [-0.39, 0.29) is 17.6 Å². The number of piperidine rings is 1. The van der Waals surface area contributed by atoms with E-state index in [0.717, 1.165) is 0 Å². The molecular formula is C12H14BrN3O4. The fourth-order valence-corrected chi connectivity index (χ4v) is 2.61. The van der Waals surface area contributed by atoms with Crippen LogP contribution in [0.25, 0.3) is 0 Å². The third-order valence-electron chi connectivity index (χ3n) is 3.34. The lowest BCUT2D eigenvalue weighted by molar-refractivity contribution is -0.384. The van der Waals surface area contributed by atoms with Crippen molar-refractivity contribution in [1.29, 1.82) is 0 Å². The number of hydrogen-bond acceptors (Lipinski definition) is 6. The van der Waals surface area contributed by atoms with Crippen LogP contribution in [0.1, 0.15) is 12.8 Å². The smallest absolute Gasteiger partial charge is 0.312 e. The molecule has 1 aromatic rings. The monoisotopic (exact) mass is 343 g/mol. The second-order valence-electron chi connectivity index (χ2n) is 4.54. The molecule has 0 unspecified atom stereocenters. The van der Waals surface area contributed by atoms with Crippen LogP contribution in [-0.2, 0) is 9.53 Å². The Labute approximate surface area is 124 Å². The molecule has 20 heavy (non-hydrogen) atoms. The Morgan fingerprint density at radius 1 is 1.55 bits per heavy atom. The zero-order chi connectivity index (χ0) is 14.7. The summed E-state index contributed by atoms with van der Waals surface area (Å²) >= 11 is 3.18. The minimum Gasteiger partial charge on any atom is -0.469 e. The van der Waals surface area contributed by atoms with Gasteiger partial charge >= 0.3 is 11.7 Å². The van der Waals surface area contributed by atoms with Crippen LogP contribution >= 0.6 is 15.9 Å². The summed E-state index contributed by atoms with van der Waals surface area (Å²) in [6.07, 6.45) is 2.76. The van der Waals surface area contributed by atoms with Crippen LogP contribution in [0.5, 0.6) is 0 Å². The molecule has 0 bridgehead atoms. The summed E-state index contributed by atoms with van der Waals surface area (Å²) in [5.74, 6) is -0.00446. The highest BCUT2D eigenvalue weighted by Crippen LogP contribution is 2.31. The number of anilines is 1. The summed E-state index contributed by atoms with van der Waals surface area (Å²) in [4.78, 5) is 28.1. The van der Waals surface area contributed by atoms with Crippen LogP contribution < -0.4 is 4.90 Å². The molecule has 0 radical (unpaired) electrons. The Morgan fingerprint density at radius 2 is 2.20 bits per heavy atom. The maximum atomic E-state index is 11.5. The van der Waals surface area contributed by atoms with Crippen LogP contribution in [0.15, 0.2) is 16.7 Å². The Morgan fingerprint density at radius 3 is 2.75 bits per heavy atom. The molecule has 8 heteroatoms. The van der Waals surface area contributed by atoms with Crippen molar-refractivity contribution < 1.29 is 14.5 Å². The standard InChI is InChI=1S/C12H14BrN3O4/c1-20-12(17)8-2-4-15(5-3-8)11-10(16(18)19)6-9(13)7-14-11/h6-8H,2-5H2,1H3. The predicted molar refractivity (Wildman–Crippen MR) is 75.5 cm³/mol. The van der Waals surface area contributed by atoms with Gasteiger partial charge in [0.1, 0.15) is 0 Å². The second-order valence-corrected chi connectivity index (χ2v) is 5.45. The SMILES string of the molecule is COC(=O)C1CCN(c2ncc(Br)cc2[N+](=O)[O-])CC1. The van der Waals surface area contributed by atoms with Crippen molar-refractivity contribution in [3.8, 4) is 0 Å². The average molecular weight is 344 g/mol. The number of rotatable bonds is 3. The number of nitro groups is 1. The number of carbonyl (C=O) groups excluding carboxylic acids is 1. The molecule has 2 heterocycles. The van der Waals surface area contributed by atoms with Gasteiger partial charge in [-0.1, -0.05) is 0 Å². The number of esters is 1. The zero-order valence-corrected chi connectivity index (χ0v) is 12.5. The first kappa shape index (κ1) is 14.7. The van der Waals surface area contributed by atoms with E-state index in [1.54, 1.807) is 0 Å². The molecule has 1 fully saturated rings. The van der Waals surface area contributed by atoms with Crippen molar-refractivity contribution in [2.75, 3.05) is 25.1 Å². The molecule has 7 nitrogen and oxygen atoms in total. The minimum atomic E-state index is -0.445. The van der Waals surface area contributed by atoms with Crippen LogP contribution in [0.3, 0.4) is 0 Å². The Bertz CT molecular complexity index is 529. The summed E-state index contributed by atoms with van der Waals surface area (Å²) in [6.45, 7) is 1.10. The zero-order valence-electron chi connectivity index (χ0n) is 10.9. The predicted octanol–water partition coefficient (Wildman–Crippen LogP) is 2.14. The molecule has 1 aliphatic heterocycles. The van der Waals surface area contributed by atoms with E-state index in [4.69, 9.17) is 4.74 Å². The van der Waals surface area contributed by atoms with Crippen LogP contribution in [0.2, 0.25) is 0 Å². The second kappa shape index (κ2) is 6.17. The third-order valence-corrected chi connectivity index (χ3v) is 3.77. The molecule has 0 aromatic carbocycles. The Hall–Kier alpha value is -1.70. The number of halogens is 1. The van der Waals surface area contributed by atoms with Gasteiger partial charge in [0, 0.05) is 29.8 Å². The van der Waals surface area contributed by atoms with E-state index < -0.39 is 4.92 Å². The van der Waals surface area contributed by atoms with Gasteiger partial charge in [-0.15, -0.1) is 0 Å². The van der Waals surface area contributed by atoms with Crippen LogP contribution in [0, 0.1) is 16.0 Å². The number of ether oxygens (including phenoxy) is 1. The van der Waals surface area contributed by atoms with Gasteiger partial charge in [0.05, 0.1) is 18.0 Å². The summed E-state index contributed by atoms with van der Waals surface area (Å²) < 4.78 is 5.29. The lowest BCUT2D eigenvalue weighted by atomic mass is 9.97. The molecule has 1 aromatic heterocycles. The van der Waals surface area contributed by atoms with E-state index in [1.807, 2.05) is 4.90 Å². The molecule has 2 rings (SSSR count). The van der Waals surface area contributed by atoms with E-state index in [1.165, 1.54) is 19.4 Å². The molecule has 0 atom stereocenters. The van der Waals surface area contributed by atoms with Crippen molar-refractivity contribution in [3.05, 3.63) is 26.9 Å². The van der Waals surface area contributed by atoms with Gasteiger partial charge in [-0.2, -0.15) is 0 Å². The van der Waals surface area contributed by atoms with Crippen molar-refractivity contribution >= 4 is 33.4 Å². The Kier molecular flexibility index (Phi) is 4.53. The Balaban J connectivity index is 2.15. The highest BCUT2D eigenvalue weighted by Gasteiger charge is 2.29. The van der Waals surface area contributed by atoms with Crippen LogP contribution in [-0.4, -0.2) is 36.1 Å². The van der Waals surface area contributed by atoms with E-state index >= 15 is 0 Å². The lowest BCUT2D eigenvalue weighted by Gasteiger charge is -2.31. The number of nitrogens with zero attached hydrogens (tertiary/aromatic N) is 3. The number of pyridine rings is 1. The quantitative estimate of drug-likeness (QED) is 0.474. The van der Waals surface area contributed by atoms with Gasteiger partial charge in [-0.3, -0.25) is 14.9 Å². The molecular weight excluding hydrogens is 330 g/mol. The fraction of sp³-hybridized carbons (Fsp3) is 0.500. The van der Waals surface area contributed by atoms with E-state index in [0.29, 0.717) is 36.2 Å². The van der Waals surface area contributed by atoms with Gasteiger partial charge < -0.3 is 9.64 Å². The summed E-state index contributed by atoms with van der Waals surface area (Å²) in [6, 6.07) is 1.44. The normalized spacial score (nSPS) is 16.0. The fourth-order valence-electron chi connectivity index (χ4n) is 2.29. The molecule has 0 aliphatic carbocycles. The molecule has 1 aliphatic rings. The molecule has 0 spiro atoms. The van der Waals surface area contributed by atoms with Crippen LogP contribution in [0.4, 0.5) is 11.5 Å². The minimum absolute atomic E-state index is 0.0316. The number of carbonyl (C=O) groups is 1. The van der Waals surface area contributed by atoms with Crippen molar-refractivity contribution in [2.24, 2.45) is 5.92 Å². The molecule has 108 valence electrons. The summed E-state index contributed by atoms with van der Waals surface area (Å²) in [7, 11) is 1.37. The van der Waals surface area contributed by atoms with E-state index in [9.17, 15) is 14.9 Å². The average Bonchev–Trinajstić information content (AvgIpc) is 2.46.